The lowest BCUT2D eigenvalue weighted by Crippen LogP contribution is -2.16. The lowest BCUT2D eigenvalue weighted by atomic mass is 10.3. The fourth-order valence-electron chi connectivity index (χ4n) is 1.51. The van der Waals surface area contributed by atoms with Crippen LogP contribution in [0, 0.1) is 6.92 Å². The van der Waals surface area contributed by atoms with E-state index in [4.69, 9.17) is 10.6 Å². The molecular formula is C11H12F3N5OS. The van der Waals surface area contributed by atoms with Crippen LogP contribution in [-0.4, -0.2) is 21.6 Å². The molecule has 0 saturated carbocycles. The zero-order chi connectivity index (χ0) is 15.5. The van der Waals surface area contributed by atoms with Gasteiger partial charge >= 0.3 is 6.18 Å². The summed E-state index contributed by atoms with van der Waals surface area (Å²) in [7, 11) is 0. The molecule has 0 aliphatic heterocycles. The Labute approximate surface area is 122 Å². The summed E-state index contributed by atoms with van der Waals surface area (Å²) >= 11 is 1.46. The van der Waals surface area contributed by atoms with Crippen molar-refractivity contribution in [2.75, 3.05) is 12.0 Å². The van der Waals surface area contributed by atoms with Crippen LogP contribution < -0.4 is 16.0 Å². The van der Waals surface area contributed by atoms with Crippen molar-refractivity contribution in [2.24, 2.45) is 5.84 Å². The quantitative estimate of drug-likeness (QED) is 0.649. The molecule has 0 aliphatic carbocycles. The third-order valence-electron chi connectivity index (χ3n) is 2.53. The van der Waals surface area contributed by atoms with Gasteiger partial charge in [0.2, 0.25) is 11.7 Å². The number of nitrogens with one attached hydrogen (secondary N) is 1. The van der Waals surface area contributed by atoms with Crippen molar-refractivity contribution >= 4 is 17.2 Å². The van der Waals surface area contributed by atoms with Gasteiger partial charge in [-0.3, -0.25) is 0 Å². The van der Waals surface area contributed by atoms with Crippen LogP contribution in [0.4, 0.5) is 19.0 Å². The molecule has 114 valence electrons. The predicted molar refractivity (Wildman–Crippen MR) is 70.9 cm³/mol. The highest BCUT2D eigenvalue weighted by atomic mass is 32.1. The lowest BCUT2D eigenvalue weighted by molar-refractivity contribution is -0.145. The molecule has 6 nitrogen and oxygen atoms in total. The summed E-state index contributed by atoms with van der Waals surface area (Å²) in [6.45, 7) is 2.04. The van der Waals surface area contributed by atoms with E-state index in [9.17, 15) is 13.2 Å². The number of nitrogen functional groups attached to an aromatic ring is 1. The fourth-order valence-corrected chi connectivity index (χ4v) is 2.28. The molecule has 0 spiro atoms. The van der Waals surface area contributed by atoms with Gasteiger partial charge in [-0.05, 0) is 6.92 Å². The summed E-state index contributed by atoms with van der Waals surface area (Å²) in [5.74, 6) is 3.43. The third-order valence-corrected chi connectivity index (χ3v) is 3.52. The standard InChI is InChI=1S/C11H12F3N5OS/c1-6-7(21-5-16-6)2-3-20-9-4-8(19-15)17-10(18-9)11(12,13)14/h4-5H,2-3,15H2,1H3,(H,17,18,19). The second kappa shape index (κ2) is 6.22. The van der Waals surface area contributed by atoms with Gasteiger partial charge in [-0.1, -0.05) is 0 Å². The van der Waals surface area contributed by atoms with Crippen LogP contribution in [0.3, 0.4) is 0 Å². The highest BCUT2D eigenvalue weighted by molar-refractivity contribution is 7.09. The van der Waals surface area contributed by atoms with E-state index in [1.165, 1.54) is 17.4 Å². The molecule has 0 atom stereocenters. The van der Waals surface area contributed by atoms with E-state index in [0.29, 0.717) is 6.42 Å². The van der Waals surface area contributed by atoms with Crippen molar-refractivity contribution in [3.05, 3.63) is 28.0 Å². The van der Waals surface area contributed by atoms with Crippen LogP contribution in [0.15, 0.2) is 11.6 Å². The van der Waals surface area contributed by atoms with Gasteiger partial charge in [-0.2, -0.15) is 18.2 Å². The first kappa shape index (κ1) is 15.4. The van der Waals surface area contributed by atoms with Gasteiger partial charge < -0.3 is 10.2 Å². The molecule has 2 aromatic rings. The molecule has 2 rings (SSSR count). The number of hydrogen-bond donors (Lipinski definition) is 2. The minimum absolute atomic E-state index is 0.165. The Kier molecular flexibility index (Phi) is 4.58. The number of ether oxygens (including phenoxy) is 1. The van der Waals surface area contributed by atoms with E-state index in [2.05, 4.69) is 20.4 Å². The van der Waals surface area contributed by atoms with E-state index in [-0.39, 0.29) is 18.3 Å². The molecule has 3 N–H and O–H groups in total. The highest BCUT2D eigenvalue weighted by Gasteiger charge is 2.35. The molecule has 0 bridgehead atoms. The van der Waals surface area contributed by atoms with Crippen LogP contribution in [-0.2, 0) is 12.6 Å². The molecule has 0 saturated heterocycles. The minimum atomic E-state index is -4.67. The van der Waals surface area contributed by atoms with Gasteiger partial charge in [0.25, 0.3) is 0 Å². The topological polar surface area (TPSA) is 86.0 Å². The Morgan fingerprint density at radius 2 is 2.14 bits per heavy atom. The normalized spacial score (nSPS) is 11.5. The zero-order valence-corrected chi connectivity index (χ0v) is 11.8. The van der Waals surface area contributed by atoms with E-state index in [1.807, 2.05) is 6.92 Å². The largest absolute Gasteiger partial charge is 0.477 e. The van der Waals surface area contributed by atoms with Gasteiger partial charge in [0.15, 0.2) is 0 Å². The molecule has 0 fully saturated rings. The number of rotatable bonds is 5. The Balaban J connectivity index is 2.07. The van der Waals surface area contributed by atoms with Crippen LogP contribution in [0.2, 0.25) is 0 Å². The van der Waals surface area contributed by atoms with E-state index >= 15 is 0 Å². The van der Waals surface area contributed by atoms with Gasteiger partial charge in [0.1, 0.15) is 5.82 Å². The molecule has 2 aromatic heterocycles. The van der Waals surface area contributed by atoms with Crippen LogP contribution in [0.5, 0.6) is 5.88 Å². The summed E-state index contributed by atoms with van der Waals surface area (Å²) in [6.07, 6.45) is -4.13. The van der Waals surface area contributed by atoms with Crippen molar-refractivity contribution in [2.45, 2.75) is 19.5 Å². The molecule has 0 radical (unpaired) electrons. The van der Waals surface area contributed by atoms with Crippen molar-refractivity contribution < 1.29 is 17.9 Å². The van der Waals surface area contributed by atoms with Gasteiger partial charge in [-0.15, -0.1) is 11.3 Å². The van der Waals surface area contributed by atoms with Crippen molar-refractivity contribution in [3.8, 4) is 5.88 Å². The Hall–Kier alpha value is -1.94. The number of nitrogens with zero attached hydrogens (tertiary/aromatic N) is 3. The molecule has 0 amide bonds. The second-order valence-electron chi connectivity index (χ2n) is 4.02. The zero-order valence-electron chi connectivity index (χ0n) is 10.9. The van der Waals surface area contributed by atoms with Crippen LogP contribution in [0.1, 0.15) is 16.4 Å². The van der Waals surface area contributed by atoms with Gasteiger partial charge in [-0.25, -0.2) is 15.8 Å². The SMILES string of the molecule is Cc1ncsc1CCOc1cc(NN)nc(C(F)(F)F)n1. The Morgan fingerprint density at radius 3 is 2.71 bits per heavy atom. The first-order valence-corrected chi connectivity index (χ1v) is 6.73. The lowest BCUT2D eigenvalue weighted by Gasteiger charge is -2.10. The number of alkyl halides is 3. The number of aromatic nitrogens is 3. The predicted octanol–water partition coefficient (Wildman–Crippen LogP) is 2.17. The number of anilines is 1. The smallest absolute Gasteiger partial charge is 0.451 e. The van der Waals surface area contributed by atoms with Gasteiger partial charge in [0.05, 0.1) is 17.8 Å². The fraction of sp³-hybridized carbons (Fsp3) is 0.364. The maximum Gasteiger partial charge on any atom is 0.451 e. The number of hydrogen-bond acceptors (Lipinski definition) is 7. The van der Waals surface area contributed by atoms with Crippen molar-refractivity contribution in [1.82, 2.24) is 15.0 Å². The summed E-state index contributed by atoms with van der Waals surface area (Å²) in [4.78, 5) is 11.7. The molecule has 21 heavy (non-hydrogen) atoms. The number of aryl methyl sites for hydroxylation is 1. The summed E-state index contributed by atoms with van der Waals surface area (Å²) < 4.78 is 43.1. The van der Waals surface area contributed by atoms with Gasteiger partial charge in [0, 0.05) is 17.4 Å². The summed E-state index contributed by atoms with van der Waals surface area (Å²) in [5.41, 5.74) is 4.64. The minimum Gasteiger partial charge on any atom is -0.477 e. The molecular weight excluding hydrogens is 307 g/mol. The number of hydrazine groups is 1. The maximum absolute atomic E-state index is 12.6. The molecule has 0 aliphatic rings. The van der Waals surface area contributed by atoms with Crippen molar-refractivity contribution in [3.63, 3.8) is 0 Å². The molecule has 2 heterocycles. The number of halogens is 3. The maximum atomic E-state index is 12.6. The van der Waals surface area contributed by atoms with Crippen LogP contribution >= 0.6 is 11.3 Å². The van der Waals surface area contributed by atoms with Crippen molar-refractivity contribution in [1.29, 1.82) is 0 Å². The van der Waals surface area contributed by atoms with E-state index < -0.39 is 12.0 Å². The van der Waals surface area contributed by atoms with E-state index in [0.717, 1.165) is 10.6 Å². The Bertz CT molecular complexity index is 616. The Morgan fingerprint density at radius 1 is 1.38 bits per heavy atom. The number of thiazole rings is 1. The summed E-state index contributed by atoms with van der Waals surface area (Å²) in [5, 5.41) is 0. The first-order valence-electron chi connectivity index (χ1n) is 5.85. The first-order chi connectivity index (χ1) is 9.90. The average molecular weight is 319 g/mol. The highest BCUT2D eigenvalue weighted by Crippen LogP contribution is 2.28. The van der Waals surface area contributed by atoms with E-state index in [1.54, 1.807) is 5.51 Å². The molecule has 0 aromatic carbocycles. The molecule has 10 heteroatoms. The molecule has 0 unspecified atom stereocenters. The average Bonchev–Trinajstić information content (AvgIpc) is 2.83. The third kappa shape index (κ3) is 4.02. The second-order valence-corrected chi connectivity index (χ2v) is 4.96. The monoisotopic (exact) mass is 319 g/mol. The van der Waals surface area contributed by atoms with Crippen LogP contribution in [0.25, 0.3) is 0 Å². The summed E-state index contributed by atoms with van der Waals surface area (Å²) in [6, 6.07) is 1.20. The number of nitrogens with two attached hydrogens (primary N) is 1.